The van der Waals surface area contributed by atoms with Crippen LogP contribution in [-0.4, -0.2) is 59.0 Å². The number of hydrogen-bond acceptors (Lipinski definition) is 6. The van der Waals surface area contributed by atoms with Gasteiger partial charge in [-0.05, 0) is 43.4 Å². The van der Waals surface area contributed by atoms with Crippen LogP contribution < -0.4 is 10.1 Å². The predicted molar refractivity (Wildman–Crippen MR) is 154 cm³/mol. The van der Waals surface area contributed by atoms with Crippen LogP contribution in [0.1, 0.15) is 36.6 Å². The maximum atomic E-state index is 14.2. The Morgan fingerprint density at radius 2 is 2.15 bits per heavy atom. The predicted octanol–water partition coefficient (Wildman–Crippen LogP) is 4.78. The fourth-order valence-corrected chi connectivity index (χ4v) is 4.19. The van der Waals surface area contributed by atoms with Crippen molar-refractivity contribution in [2.45, 2.75) is 39.8 Å². The summed E-state index contributed by atoms with van der Waals surface area (Å²) in [6, 6.07) is 1.99. The lowest BCUT2D eigenvalue weighted by atomic mass is 9.99. The van der Waals surface area contributed by atoms with Crippen LogP contribution in [0.25, 0.3) is 5.57 Å². The van der Waals surface area contributed by atoms with Crippen LogP contribution in [0, 0.1) is 35.7 Å². The van der Waals surface area contributed by atoms with Crippen molar-refractivity contribution in [2.24, 2.45) is 9.98 Å². The smallest absolute Gasteiger partial charge is 0.307 e. The Labute approximate surface area is 228 Å². The van der Waals surface area contributed by atoms with E-state index in [1.807, 2.05) is 6.92 Å². The van der Waals surface area contributed by atoms with Crippen molar-refractivity contribution in [3.05, 3.63) is 69.4 Å². The van der Waals surface area contributed by atoms with Gasteiger partial charge in [0.1, 0.15) is 5.75 Å². The molecule has 1 aliphatic heterocycles. The molecule has 208 valence electrons. The maximum absolute atomic E-state index is 14.2. The highest BCUT2D eigenvalue weighted by Gasteiger charge is 2.21. The minimum absolute atomic E-state index is 0.0498. The normalized spacial score (nSPS) is 13.9. The summed E-state index contributed by atoms with van der Waals surface area (Å²) < 4.78 is 21.6. The number of aromatic nitrogens is 1. The number of nitrogens with zero attached hydrogens (tertiary/aromatic N) is 5. The third kappa shape index (κ3) is 7.55. The van der Waals surface area contributed by atoms with Gasteiger partial charge < -0.3 is 24.6 Å². The third-order valence-corrected chi connectivity index (χ3v) is 6.31. The highest BCUT2D eigenvalue weighted by Crippen LogP contribution is 2.33. The molecule has 3 rings (SSSR count). The first kappa shape index (κ1) is 30.8. The molecule has 0 spiro atoms. The van der Waals surface area contributed by atoms with Gasteiger partial charge in [0, 0.05) is 49.9 Å². The number of fused-ring (bicyclic) bond motifs is 1. The van der Waals surface area contributed by atoms with Gasteiger partial charge >= 0.3 is 5.69 Å². The van der Waals surface area contributed by atoms with E-state index in [9.17, 15) is 19.6 Å². The number of aliphatic imine (C=N–C) groups is 2. The van der Waals surface area contributed by atoms with E-state index in [4.69, 9.17) is 4.74 Å². The number of nitro groups is 1. The SMILES string of the molecule is C#C.C=C(/C=N\C(=NCc1cn2c(c1C)/C(=C\C)CCC2)Nc1cc([N+](=O)[O-])c(F)cc1OC)N(C)CCO. The fourth-order valence-electron chi connectivity index (χ4n) is 4.19. The minimum Gasteiger partial charge on any atom is -0.494 e. The van der Waals surface area contributed by atoms with Gasteiger partial charge in [0.15, 0.2) is 0 Å². The number of aliphatic hydroxyl groups is 1. The molecule has 1 aromatic carbocycles. The lowest BCUT2D eigenvalue weighted by molar-refractivity contribution is -0.387. The summed E-state index contributed by atoms with van der Waals surface area (Å²) in [5.74, 6) is -0.814. The first-order valence-electron chi connectivity index (χ1n) is 12.3. The Bertz CT molecular complexity index is 1310. The highest BCUT2D eigenvalue weighted by molar-refractivity contribution is 6.01. The largest absolute Gasteiger partial charge is 0.494 e. The molecule has 0 amide bonds. The van der Waals surface area contributed by atoms with Crippen molar-refractivity contribution in [1.29, 1.82) is 0 Å². The Kier molecular flexibility index (Phi) is 11.4. The number of aliphatic hydroxyl groups excluding tert-OH is 1. The summed E-state index contributed by atoms with van der Waals surface area (Å²) in [7, 11) is 3.10. The second-order valence-electron chi connectivity index (χ2n) is 8.66. The topological polar surface area (TPSA) is 118 Å². The zero-order valence-corrected chi connectivity index (χ0v) is 22.8. The number of aryl methyl sites for hydroxylation is 1. The summed E-state index contributed by atoms with van der Waals surface area (Å²) in [6.45, 7) is 9.61. The van der Waals surface area contributed by atoms with E-state index >= 15 is 0 Å². The standard InChI is InChI=1S/C26H33FN6O4.C2H2/c1-6-19-8-7-9-32-16-20(18(3)25(19)32)15-29-26(28-14-17(2)31(4)10-11-34)30-22-13-23(33(35)36)21(27)12-24(22)37-5;1-2/h6,12-14,16,34H,2,7-11,15H2,1,3-5H3,(H,29,30);1-2H/b19-6-,28-14-;. The van der Waals surface area contributed by atoms with Crippen LogP contribution >= 0.6 is 0 Å². The zero-order chi connectivity index (χ0) is 29.1. The number of benzene rings is 1. The number of nitro benzene ring substituents is 1. The van der Waals surface area contributed by atoms with Gasteiger partial charge in [-0.15, -0.1) is 12.8 Å². The maximum Gasteiger partial charge on any atom is 0.307 e. The lowest BCUT2D eigenvalue weighted by Crippen LogP contribution is -2.22. The molecule has 0 bridgehead atoms. The van der Waals surface area contributed by atoms with E-state index in [0.29, 0.717) is 18.8 Å². The van der Waals surface area contributed by atoms with Gasteiger partial charge in [0.05, 0.1) is 37.1 Å². The Balaban J connectivity index is 0.00000260. The molecule has 2 heterocycles. The number of nitrogens with one attached hydrogen (secondary N) is 1. The van der Waals surface area contributed by atoms with Crippen LogP contribution in [0.2, 0.25) is 0 Å². The molecule has 0 saturated heterocycles. The van der Waals surface area contributed by atoms with Crippen molar-refractivity contribution in [3.8, 4) is 18.6 Å². The first-order chi connectivity index (χ1) is 18.7. The van der Waals surface area contributed by atoms with Crippen LogP contribution in [0.5, 0.6) is 5.75 Å². The van der Waals surface area contributed by atoms with E-state index < -0.39 is 16.4 Å². The monoisotopic (exact) mass is 538 g/mol. The molecule has 2 N–H and O–H groups in total. The number of terminal acetylenes is 1. The molecule has 1 aliphatic rings. The minimum atomic E-state index is -1.01. The molecule has 0 radical (unpaired) electrons. The number of ether oxygens (including phenoxy) is 1. The number of halogens is 1. The molecular formula is C28H35FN6O4. The van der Waals surface area contributed by atoms with Crippen molar-refractivity contribution in [3.63, 3.8) is 0 Å². The van der Waals surface area contributed by atoms with Crippen LogP contribution in [0.3, 0.4) is 0 Å². The summed E-state index contributed by atoms with van der Waals surface area (Å²) in [5.41, 5.74) is 4.65. The Hall–Kier alpha value is -4.43. The number of methoxy groups -OCH3 is 1. The fraction of sp³-hybridized carbons (Fsp3) is 0.357. The van der Waals surface area contributed by atoms with Gasteiger partial charge in [-0.3, -0.25) is 10.1 Å². The molecule has 39 heavy (non-hydrogen) atoms. The van der Waals surface area contributed by atoms with Crippen molar-refractivity contribution in [2.75, 3.05) is 32.6 Å². The van der Waals surface area contributed by atoms with Crippen LogP contribution in [-0.2, 0) is 13.1 Å². The Morgan fingerprint density at radius 1 is 1.44 bits per heavy atom. The third-order valence-electron chi connectivity index (χ3n) is 6.31. The number of guanidine groups is 1. The van der Waals surface area contributed by atoms with Gasteiger partial charge in [0.2, 0.25) is 11.8 Å². The average Bonchev–Trinajstić information content (AvgIpc) is 3.26. The van der Waals surface area contributed by atoms with E-state index in [1.165, 1.54) is 24.6 Å². The molecule has 1 aromatic heterocycles. The number of likely N-dealkylation sites (N-methyl/N-ethyl adjacent to an activating group) is 1. The van der Waals surface area contributed by atoms with Crippen molar-refractivity contribution < 1.29 is 19.2 Å². The van der Waals surface area contributed by atoms with E-state index in [2.05, 4.69) is 58.5 Å². The van der Waals surface area contributed by atoms with Gasteiger partial charge in [-0.2, -0.15) is 4.39 Å². The van der Waals surface area contributed by atoms with E-state index in [1.54, 1.807) is 11.9 Å². The number of allylic oxidation sites excluding steroid dienone is 3. The van der Waals surface area contributed by atoms with E-state index in [0.717, 1.165) is 42.6 Å². The quantitative estimate of drug-likeness (QED) is 0.156. The highest BCUT2D eigenvalue weighted by atomic mass is 19.1. The average molecular weight is 539 g/mol. The molecule has 10 nitrogen and oxygen atoms in total. The second-order valence-corrected chi connectivity index (χ2v) is 8.66. The van der Waals surface area contributed by atoms with Crippen LogP contribution in [0.4, 0.5) is 15.8 Å². The summed E-state index contributed by atoms with van der Waals surface area (Å²) in [5, 5.41) is 23.4. The van der Waals surface area contributed by atoms with E-state index in [-0.39, 0.29) is 24.0 Å². The summed E-state index contributed by atoms with van der Waals surface area (Å²) >= 11 is 0. The van der Waals surface area contributed by atoms with Crippen molar-refractivity contribution in [1.82, 2.24) is 9.47 Å². The van der Waals surface area contributed by atoms with Gasteiger partial charge in [-0.25, -0.2) is 9.98 Å². The summed E-state index contributed by atoms with van der Waals surface area (Å²) in [4.78, 5) is 21.3. The second kappa shape index (κ2) is 14.5. The molecule has 0 atom stereocenters. The number of rotatable bonds is 9. The molecular weight excluding hydrogens is 503 g/mol. The molecule has 0 unspecified atom stereocenters. The molecule has 0 aliphatic carbocycles. The van der Waals surface area contributed by atoms with Gasteiger partial charge in [-0.1, -0.05) is 12.7 Å². The Morgan fingerprint density at radius 3 is 2.77 bits per heavy atom. The lowest BCUT2D eigenvalue weighted by Gasteiger charge is -2.19. The number of anilines is 1. The zero-order valence-electron chi connectivity index (χ0n) is 22.8. The van der Waals surface area contributed by atoms with Crippen LogP contribution in [0.15, 0.2) is 46.7 Å². The molecule has 11 heteroatoms. The molecule has 2 aromatic rings. The molecule has 0 saturated carbocycles. The van der Waals surface area contributed by atoms with Gasteiger partial charge in [0.25, 0.3) is 0 Å². The first-order valence-corrected chi connectivity index (χ1v) is 12.3. The molecule has 0 fully saturated rings. The summed E-state index contributed by atoms with van der Waals surface area (Å²) in [6.07, 6.45) is 15.8. The number of hydrogen-bond donors (Lipinski definition) is 2. The van der Waals surface area contributed by atoms with Crippen molar-refractivity contribution >= 4 is 29.1 Å².